The van der Waals surface area contributed by atoms with Gasteiger partial charge in [-0.3, -0.25) is 0 Å². The van der Waals surface area contributed by atoms with Gasteiger partial charge < -0.3 is 15.4 Å². The van der Waals surface area contributed by atoms with Crippen molar-refractivity contribution in [1.82, 2.24) is 5.32 Å². The normalized spacial score (nSPS) is 10.2. The zero-order chi connectivity index (χ0) is 13.9. The van der Waals surface area contributed by atoms with Crippen LogP contribution in [0, 0.1) is 5.82 Å². The number of benzene rings is 1. The minimum atomic E-state index is -0.324. The molecule has 0 saturated heterocycles. The number of hydrogen-bond acceptors (Lipinski definition) is 2. The number of carbonyl (C=O) groups excluding carboxylic acids is 1. The zero-order valence-electron chi connectivity index (χ0n) is 11.2. The van der Waals surface area contributed by atoms with Gasteiger partial charge in [0.15, 0.2) is 0 Å². The second-order valence-corrected chi connectivity index (χ2v) is 4.21. The van der Waals surface area contributed by atoms with Gasteiger partial charge in [-0.05, 0) is 37.1 Å². The highest BCUT2D eigenvalue weighted by molar-refractivity contribution is 5.89. The first kappa shape index (κ1) is 15.4. The van der Waals surface area contributed by atoms with E-state index in [0.29, 0.717) is 18.8 Å². The van der Waals surface area contributed by atoms with Gasteiger partial charge in [-0.1, -0.05) is 13.3 Å². The molecule has 5 heteroatoms. The van der Waals surface area contributed by atoms with Crippen LogP contribution in [-0.4, -0.2) is 25.8 Å². The molecule has 4 nitrogen and oxygen atoms in total. The molecule has 0 spiro atoms. The van der Waals surface area contributed by atoms with Crippen LogP contribution >= 0.6 is 0 Å². The molecule has 1 rings (SSSR count). The Kier molecular flexibility index (Phi) is 7.58. The van der Waals surface area contributed by atoms with Gasteiger partial charge >= 0.3 is 6.03 Å². The van der Waals surface area contributed by atoms with Crippen molar-refractivity contribution >= 4 is 11.7 Å². The summed E-state index contributed by atoms with van der Waals surface area (Å²) in [5, 5.41) is 5.34. The Labute approximate surface area is 113 Å². The molecule has 1 aromatic rings. The summed E-state index contributed by atoms with van der Waals surface area (Å²) >= 11 is 0. The van der Waals surface area contributed by atoms with Crippen molar-refractivity contribution in [3.63, 3.8) is 0 Å². The number of carbonyl (C=O) groups is 1. The van der Waals surface area contributed by atoms with Crippen molar-refractivity contribution in [2.75, 3.05) is 25.1 Å². The number of unbranched alkanes of at least 4 members (excludes halogenated alkanes) is 1. The average molecular weight is 268 g/mol. The van der Waals surface area contributed by atoms with Crippen LogP contribution in [0.3, 0.4) is 0 Å². The minimum absolute atomic E-state index is 0.292. The van der Waals surface area contributed by atoms with E-state index in [1.165, 1.54) is 24.3 Å². The van der Waals surface area contributed by atoms with Gasteiger partial charge in [-0.25, -0.2) is 9.18 Å². The van der Waals surface area contributed by atoms with Crippen LogP contribution < -0.4 is 10.6 Å². The molecule has 0 radical (unpaired) electrons. The van der Waals surface area contributed by atoms with Crippen LogP contribution in [-0.2, 0) is 4.74 Å². The number of halogens is 1. The van der Waals surface area contributed by atoms with Crippen molar-refractivity contribution in [3.05, 3.63) is 30.1 Å². The summed E-state index contributed by atoms with van der Waals surface area (Å²) in [5.74, 6) is -0.324. The van der Waals surface area contributed by atoms with Crippen LogP contribution in [0.1, 0.15) is 26.2 Å². The molecule has 0 unspecified atom stereocenters. The fourth-order valence-corrected chi connectivity index (χ4v) is 1.43. The maximum Gasteiger partial charge on any atom is 0.319 e. The largest absolute Gasteiger partial charge is 0.381 e. The molecule has 1 aromatic carbocycles. The van der Waals surface area contributed by atoms with E-state index in [9.17, 15) is 9.18 Å². The first-order valence-electron chi connectivity index (χ1n) is 6.60. The Balaban J connectivity index is 2.06. The molecule has 0 atom stereocenters. The molecule has 106 valence electrons. The van der Waals surface area contributed by atoms with Gasteiger partial charge in [0.05, 0.1) is 0 Å². The Bertz CT molecular complexity index is 368. The highest BCUT2D eigenvalue weighted by Gasteiger charge is 2.00. The highest BCUT2D eigenvalue weighted by atomic mass is 19.1. The predicted octanol–water partition coefficient (Wildman–Crippen LogP) is 3.15. The van der Waals surface area contributed by atoms with Gasteiger partial charge in [0, 0.05) is 25.4 Å². The van der Waals surface area contributed by atoms with Crippen LogP contribution in [0.4, 0.5) is 14.9 Å². The SMILES string of the molecule is CCCCOCCCNC(=O)Nc1ccc(F)cc1. The van der Waals surface area contributed by atoms with Gasteiger partial charge in [-0.2, -0.15) is 0 Å². The number of rotatable bonds is 8. The fraction of sp³-hybridized carbons (Fsp3) is 0.500. The van der Waals surface area contributed by atoms with E-state index in [1.54, 1.807) is 0 Å². The molecule has 2 amide bonds. The minimum Gasteiger partial charge on any atom is -0.381 e. The molecule has 0 saturated carbocycles. The Hall–Kier alpha value is -1.62. The molecule has 0 aliphatic heterocycles. The monoisotopic (exact) mass is 268 g/mol. The lowest BCUT2D eigenvalue weighted by Crippen LogP contribution is -2.30. The Morgan fingerprint density at radius 3 is 2.58 bits per heavy atom. The van der Waals surface area contributed by atoms with Crippen molar-refractivity contribution in [3.8, 4) is 0 Å². The van der Waals surface area contributed by atoms with E-state index >= 15 is 0 Å². The van der Waals surface area contributed by atoms with Gasteiger partial charge in [0.1, 0.15) is 5.82 Å². The molecule has 0 aromatic heterocycles. The summed E-state index contributed by atoms with van der Waals surface area (Å²) in [6, 6.07) is 5.35. The molecular weight excluding hydrogens is 247 g/mol. The second-order valence-electron chi connectivity index (χ2n) is 4.21. The van der Waals surface area contributed by atoms with E-state index < -0.39 is 0 Å². The lowest BCUT2D eigenvalue weighted by Gasteiger charge is -2.07. The highest BCUT2D eigenvalue weighted by Crippen LogP contribution is 2.07. The standard InChI is InChI=1S/C14H21FN2O2/c1-2-3-10-19-11-4-9-16-14(18)17-13-7-5-12(15)6-8-13/h5-8H,2-4,9-11H2,1H3,(H2,16,17,18). The summed E-state index contributed by atoms with van der Waals surface area (Å²) in [7, 11) is 0. The van der Waals surface area contributed by atoms with E-state index in [-0.39, 0.29) is 11.8 Å². The molecule has 0 aliphatic rings. The van der Waals surface area contributed by atoms with Crippen LogP contribution in [0.2, 0.25) is 0 Å². The maximum absolute atomic E-state index is 12.7. The van der Waals surface area contributed by atoms with Gasteiger partial charge in [0.25, 0.3) is 0 Å². The molecule has 0 heterocycles. The van der Waals surface area contributed by atoms with Gasteiger partial charge in [0.2, 0.25) is 0 Å². The molecule has 19 heavy (non-hydrogen) atoms. The molecule has 2 N–H and O–H groups in total. The quantitative estimate of drug-likeness (QED) is 0.712. The number of ether oxygens (including phenoxy) is 1. The molecule has 0 fully saturated rings. The van der Waals surface area contributed by atoms with Crippen molar-refractivity contribution < 1.29 is 13.9 Å². The maximum atomic E-state index is 12.7. The van der Waals surface area contributed by atoms with E-state index in [2.05, 4.69) is 17.6 Å². The summed E-state index contributed by atoms with van der Waals surface area (Å²) in [6.07, 6.45) is 2.97. The van der Waals surface area contributed by atoms with Crippen LogP contribution in [0.25, 0.3) is 0 Å². The third-order valence-electron chi connectivity index (χ3n) is 2.50. The summed E-state index contributed by atoms with van der Waals surface area (Å²) in [4.78, 5) is 11.5. The van der Waals surface area contributed by atoms with E-state index in [1.807, 2.05) is 0 Å². The molecule has 0 aliphatic carbocycles. The molecular formula is C14H21FN2O2. The third kappa shape index (κ3) is 7.41. The van der Waals surface area contributed by atoms with Crippen LogP contribution in [0.15, 0.2) is 24.3 Å². The van der Waals surface area contributed by atoms with E-state index in [4.69, 9.17) is 4.74 Å². The fourth-order valence-electron chi connectivity index (χ4n) is 1.43. The van der Waals surface area contributed by atoms with Crippen molar-refractivity contribution in [1.29, 1.82) is 0 Å². The summed E-state index contributed by atoms with van der Waals surface area (Å²) < 4.78 is 18.0. The van der Waals surface area contributed by atoms with E-state index in [0.717, 1.165) is 25.9 Å². The lowest BCUT2D eigenvalue weighted by molar-refractivity contribution is 0.129. The number of hydrogen-bond donors (Lipinski definition) is 2. The van der Waals surface area contributed by atoms with Crippen molar-refractivity contribution in [2.24, 2.45) is 0 Å². The predicted molar refractivity (Wildman–Crippen MR) is 73.8 cm³/mol. The third-order valence-corrected chi connectivity index (χ3v) is 2.50. The van der Waals surface area contributed by atoms with Gasteiger partial charge in [-0.15, -0.1) is 0 Å². The number of urea groups is 1. The Morgan fingerprint density at radius 2 is 1.89 bits per heavy atom. The average Bonchev–Trinajstić information content (AvgIpc) is 2.40. The second kappa shape index (κ2) is 9.33. The first-order valence-corrected chi connectivity index (χ1v) is 6.60. The van der Waals surface area contributed by atoms with Crippen molar-refractivity contribution in [2.45, 2.75) is 26.2 Å². The first-order chi connectivity index (χ1) is 9.22. The molecule has 0 bridgehead atoms. The number of amides is 2. The number of nitrogens with one attached hydrogen (secondary N) is 2. The number of anilines is 1. The lowest BCUT2D eigenvalue weighted by atomic mass is 10.3. The van der Waals surface area contributed by atoms with Crippen LogP contribution in [0.5, 0.6) is 0 Å². The Morgan fingerprint density at radius 1 is 1.21 bits per heavy atom. The summed E-state index contributed by atoms with van der Waals surface area (Å²) in [5.41, 5.74) is 0.568. The zero-order valence-corrected chi connectivity index (χ0v) is 11.2. The smallest absolute Gasteiger partial charge is 0.319 e. The topological polar surface area (TPSA) is 50.4 Å². The summed E-state index contributed by atoms with van der Waals surface area (Å²) in [6.45, 7) is 4.10.